The number of nitrogens with two attached hydrogens (primary N) is 1. The van der Waals surface area contributed by atoms with Crippen LogP contribution in [-0.4, -0.2) is 4.98 Å². The van der Waals surface area contributed by atoms with E-state index in [2.05, 4.69) is 36.3 Å². The lowest BCUT2D eigenvalue weighted by atomic mass is 10.0. The summed E-state index contributed by atoms with van der Waals surface area (Å²) in [6.07, 6.45) is 1.88. The van der Waals surface area contributed by atoms with E-state index in [0.29, 0.717) is 5.92 Å². The lowest BCUT2D eigenvalue weighted by Gasteiger charge is -2.09. The van der Waals surface area contributed by atoms with Crippen LogP contribution in [0.2, 0.25) is 0 Å². The van der Waals surface area contributed by atoms with E-state index in [9.17, 15) is 0 Å². The Morgan fingerprint density at radius 1 is 1.17 bits per heavy atom. The van der Waals surface area contributed by atoms with Gasteiger partial charge in [-0.05, 0) is 11.5 Å². The summed E-state index contributed by atoms with van der Waals surface area (Å²) in [7, 11) is 0. The Balaban J connectivity index is 1.99. The van der Waals surface area contributed by atoms with E-state index in [1.807, 2.05) is 18.2 Å². The van der Waals surface area contributed by atoms with E-state index in [1.165, 1.54) is 10.6 Å². The molecule has 0 aliphatic carbocycles. The first kappa shape index (κ1) is 13.2. The van der Waals surface area contributed by atoms with Crippen LogP contribution in [0, 0.1) is 5.92 Å². The van der Waals surface area contributed by atoms with Crippen molar-refractivity contribution in [3.05, 3.63) is 52.0 Å². The molecule has 2 rings (SSSR count). The molecule has 0 spiro atoms. The Hall–Kier alpha value is -1.19. The Bertz CT molecular complexity index is 476. The van der Waals surface area contributed by atoms with Gasteiger partial charge in [-0.25, -0.2) is 4.98 Å². The van der Waals surface area contributed by atoms with Gasteiger partial charge in [-0.2, -0.15) is 0 Å². The molecule has 96 valence electrons. The van der Waals surface area contributed by atoms with Crippen molar-refractivity contribution in [1.29, 1.82) is 0 Å². The molecule has 1 unspecified atom stereocenters. The number of benzene rings is 1. The zero-order valence-electron chi connectivity index (χ0n) is 11.0. The summed E-state index contributed by atoms with van der Waals surface area (Å²) in [6, 6.07) is 10.3. The van der Waals surface area contributed by atoms with Crippen molar-refractivity contribution in [3.8, 4) is 0 Å². The zero-order valence-corrected chi connectivity index (χ0v) is 11.8. The van der Waals surface area contributed by atoms with Crippen molar-refractivity contribution < 1.29 is 0 Å². The van der Waals surface area contributed by atoms with Gasteiger partial charge in [0.2, 0.25) is 0 Å². The topological polar surface area (TPSA) is 38.9 Å². The Kier molecular flexibility index (Phi) is 4.50. The smallest absolute Gasteiger partial charge is 0.0930 e. The molecule has 2 nitrogen and oxygen atoms in total. The monoisotopic (exact) mass is 260 g/mol. The highest BCUT2D eigenvalue weighted by atomic mass is 32.1. The molecule has 1 aromatic carbocycles. The summed E-state index contributed by atoms with van der Waals surface area (Å²) in [6.45, 7) is 4.44. The minimum atomic E-state index is 0.0419. The molecule has 0 aliphatic heterocycles. The van der Waals surface area contributed by atoms with Gasteiger partial charge in [0.05, 0.1) is 10.7 Å². The predicted octanol–water partition coefficient (Wildman–Crippen LogP) is 3.58. The van der Waals surface area contributed by atoms with Crippen LogP contribution in [0.15, 0.2) is 35.7 Å². The molecular weight excluding hydrogens is 240 g/mol. The van der Waals surface area contributed by atoms with Crippen molar-refractivity contribution >= 4 is 11.3 Å². The van der Waals surface area contributed by atoms with Crippen molar-refractivity contribution in [2.45, 2.75) is 32.7 Å². The van der Waals surface area contributed by atoms with Crippen LogP contribution in [0.5, 0.6) is 0 Å². The molecule has 0 bridgehead atoms. The van der Waals surface area contributed by atoms with Crippen LogP contribution in [0.4, 0.5) is 0 Å². The van der Waals surface area contributed by atoms with Crippen LogP contribution >= 0.6 is 11.3 Å². The fraction of sp³-hybridized carbons (Fsp3) is 0.400. The summed E-state index contributed by atoms with van der Waals surface area (Å²) in [5.41, 5.74) is 8.50. The molecule has 2 aromatic rings. The van der Waals surface area contributed by atoms with E-state index in [4.69, 9.17) is 5.73 Å². The van der Waals surface area contributed by atoms with Crippen LogP contribution in [0.25, 0.3) is 0 Å². The van der Waals surface area contributed by atoms with Crippen molar-refractivity contribution in [2.24, 2.45) is 11.7 Å². The maximum absolute atomic E-state index is 6.20. The molecular formula is C15H20N2S. The molecule has 0 saturated heterocycles. The second-order valence-electron chi connectivity index (χ2n) is 5.05. The minimum absolute atomic E-state index is 0.0419. The number of rotatable bonds is 5. The summed E-state index contributed by atoms with van der Waals surface area (Å²) in [5.74, 6) is 0.659. The molecule has 2 N–H and O–H groups in total. The van der Waals surface area contributed by atoms with Gasteiger partial charge in [-0.15, -0.1) is 11.3 Å². The fourth-order valence-electron chi connectivity index (χ4n) is 1.93. The average molecular weight is 260 g/mol. The zero-order chi connectivity index (χ0) is 13.0. The lowest BCUT2D eigenvalue weighted by molar-refractivity contribution is 0.639. The highest BCUT2D eigenvalue weighted by molar-refractivity contribution is 7.09. The van der Waals surface area contributed by atoms with Crippen LogP contribution in [0.1, 0.15) is 36.2 Å². The summed E-state index contributed by atoms with van der Waals surface area (Å²) in [4.78, 5) is 4.65. The fourth-order valence-corrected chi connectivity index (χ4v) is 2.95. The molecule has 0 amide bonds. The van der Waals surface area contributed by atoms with Crippen molar-refractivity contribution in [3.63, 3.8) is 0 Å². The minimum Gasteiger partial charge on any atom is -0.324 e. The maximum Gasteiger partial charge on any atom is 0.0930 e. The number of thiazole rings is 1. The molecule has 18 heavy (non-hydrogen) atoms. The molecule has 1 heterocycles. The third kappa shape index (κ3) is 3.65. The SMILES string of the molecule is CC(C)Cc1nc(CC(N)c2ccccc2)cs1. The molecule has 1 aromatic heterocycles. The molecule has 0 fully saturated rings. The average Bonchev–Trinajstić information content (AvgIpc) is 2.76. The van der Waals surface area contributed by atoms with Gasteiger partial charge in [0.25, 0.3) is 0 Å². The second kappa shape index (κ2) is 6.12. The molecule has 0 radical (unpaired) electrons. The highest BCUT2D eigenvalue weighted by Crippen LogP contribution is 2.19. The first-order valence-corrected chi connectivity index (χ1v) is 7.27. The van der Waals surface area contributed by atoms with E-state index in [0.717, 1.165) is 18.5 Å². The summed E-state index contributed by atoms with van der Waals surface area (Å²) >= 11 is 1.75. The second-order valence-corrected chi connectivity index (χ2v) is 5.99. The molecule has 1 atom stereocenters. The first-order chi connectivity index (χ1) is 8.65. The summed E-state index contributed by atoms with van der Waals surface area (Å²) < 4.78 is 0. The van der Waals surface area contributed by atoms with Gasteiger partial charge < -0.3 is 5.73 Å². The van der Waals surface area contributed by atoms with Crippen LogP contribution in [0.3, 0.4) is 0 Å². The Morgan fingerprint density at radius 2 is 1.89 bits per heavy atom. The van der Waals surface area contributed by atoms with E-state index < -0.39 is 0 Å². The largest absolute Gasteiger partial charge is 0.324 e. The Morgan fingerprint density at radius 3 is 2.56 bits per heavy atom. The standard InChI is InChI=1S/C15H20N2S/c1-11(2)8-15-17-13(10-18-15)9-14(16)12-6-4-3-5-7-12/h3-7,10-11,14H,8-9,16H2,1-2H3. The first-order valence-electron chi connectivity index (χ1n) is 6.39. The molecule has 0 aliphatic rings. The van der Waals surface area contributed by atoms with Gasteiger partial charge in [-0.3, -0.25) is 0 Å². The number of aromatic nitrogens is 1. The predicted molar refractivity (Wildman–Crippen MR) is 77.7 cm³/mol. The quantitative estimate of drug-likeness (QED) is 0.892. The van der Waals surface area contributed by atoms with E-state index >= 15 is 0 Å². The number of nitrogens with zero attached hydrogens (tertiary/aromatic N) is 1. The Labute approximate surface area is 113 Å². The van der Waals surface area contributed by atoms with E-state index in [1.54, 1.807) is 11.3 Å². The van der Waals surface area contributed by atoms with Gasteiger partial charge in [0.1, 0.15) is 0 Å². The van der Waals surface area contributed by atoms with Crippen LogP contribution in [-0.2, 0) is 12.8 Å². The number of hydrogen-bond acceptors (Lipinski definition) is 3. The molecule has 3 heteroatoms. The van der Waals surface area contributed by atoms with E-state index in [-0.39, 0.29) is 6.04 Å². The van der Waals surface area contributed by atoms with Gasteiger partial charge >= 0.3 is 0 Å². The van der Waals surface area contributed by atoms with Gasteiger partial charge in [-0.1, -0.05) is 44.2 Å². The van der Waals surface area contributed by atoms with Gasteiger partial charge in [0.15, 0.2) is 0 Å². The highest BCUT2D eigenvalue weighted by Gasteiger charge is 2.10. The molecule has 0 saturated carbocycles. The van der Waals surface area contributed by atoms with Crippen molar-refractivity contribution in [1.82, 2.24) is 4.98 Å². The van der Waals surface area contributed by atoms with Gasteiger partial charge in [0, 0.05) is 24.3 Å². The third-order valence-corrected chi connectivity index (χ3v) is 3.76. The third-order valence-electron chi connectivity index (χ3n) is 2.84. The summed E-state index contributed by atoms with van der Waals surface area (Å²) in [5, 5.41) is 3.36. The van der Waals surface area contributed by atoms with Crippen molar-refractivity contribution in [2.75, 3.05) is 0 Å². The lowest BCUT2D eigenvalue weighted by Crippen LogP contribution is -2.13. The normalized spacial score (nSPS) is 12.9. The number of hydrogen-bond donors (Lipinski definition) is 1. The maximum atomic E-state index is 6.20. The van der Waals surface area contributed by atoms with Crippen LogP contribution < -0.4 is 5.73 Å².